The van der Waals surface area contributed by atoms with E-state index in [1.807, 2.05) is 11.0 Å². The van der Waals surface area contributed by atoms with Gasteiger partial charge in [-0.2, -0.15) is 5.26 Å². The fourth-order valence-electron chi connectivity index (χ4n) is 4.13. The first-order chi connectivity index (χ1) is 15.0. The van der Waals surface area contributed by atoms with Crippen molar-refractivity contribution in [3.05, 3.63) is 56.6 Å². The van der Waals surface area contributed by atoms with E-state index < -0.39 is 5.43 Å². The normalized spacial score (nSPS) is 14.9. The molecule has 0 radical (unpaired) electrons. The molecule has 0 aliphatic carbocycles. The van der Waals surface area contributed by atoms with E-state index in [-0.39, 0.29) is 39.6 Å². The van der Waals surface area contributed by atoms with Gasteiger partial charge in [-0.05, 0) is 25.0 Å². The van der Waals surface area contributed by atoms with Gasteiger partial charge < -0.3 is 15.6 Å². The van der Waals surface area contributed by atoms with Crippen molar-refractivity contribution in [1.29, 1.82) is 5.26 Å². The number of hydrogen-bond donors (Lipinski definition) is 2. The molecule has 1 fully saturated rings. The lowest BCUT2D eigenvalue weighted by atomic mass is 9.96. The Labute approximate surface area is 174 Å². The number of benzene rings is 1. The summed E-state index contributed by atoms with van der Waals surface area (Å²) in [6.07, 6.45) is 2.57. The van der Waals surface area contributed by atoms with Crippen molar-refractivity contribution in [3.63, 3.8) is 0 Å². The molecule has 1 amide bonds. The van der Waals surface area contributed by atoms with Gasteiger partial charge in [0.2, 0.25) is 17.3 Å². The lowest BCUT2D eigenvalue weighted by Crippen LogP contribution is -2.39. The molecule has 0 spiro atoms. The predicted octanol–water partition coefficient (Wildman–Crippen LogP) is 0.658. The van der Waals surface area contributed by atoms with Crippen molar-refractivity contribution in [2.75, 3.05) is 18.0 Å². The number of aromatic amines is 1. The van der Waals surface area contributed by atoms with Gasteiger partial charge in [0.25, 0.3) is 5.56 Å². The van der Waals surface area contributed by atoms with Crippen LogP contribution in [0.2, 0.25) is 0 Å². The third kappa shape index (κ3) is 2.82. The molecule has 4 aromatic rings. The number of nitrogens with two attached hydrogens (primary N) is 1. The van der Waals surface area contributed by atoms with Gasteiger partial charge in [0.15, 0.2) is 0 Å². The van der Waals surface area contributed by atoms with Crippen LogP contribution in [-0.2, 0) is 4.79 Å². The van der Waals surface area contributed by atoms with Gasteiger partial charge in [-0.1, -0.05) is 12.1 Å². The number of amides is 1. The number of piperidine rings is 1. The minimum Gasteiger partial charge on any atom is -0.369 e. The van der Waals surface area contributed by atoms with Crippen molar-refractivity contribution in [2.45, 2.75) is 12.8 Å². The second-order valence-electron chi connectivity index (χ2n) is 7.54. The number of nitrogens with zero attached hydrogens (tertiary/aromatic N) is 5. The molecule has 1 aliphatic rings. The number of nitriles is 1. The van der Waals surface area contributed by atoms with E-state index >= 15 is 0 Å². The summed E-state index contributed by atoms with van der Waals surface area (Å²) in [6.45, 7) is 1.04. The zero-order valence-electron chi connectivity index (χ0n) is 16.3. The van der Waals surface area contributed by atoms with Gasteiger partial charge in [-0.15, -0.1) is 0 Å². The number of H-pyrrole nitrogens is 1. The second kappa shape index (κ2) is 6.91. The van der Waals surface area contributed by atoms with Crippen molar-refractivity contribution < 1.29 is 4.79 Å². The Hall–Kier alpha value is -4.26. The highest BCUT2D eigenvalue weighted by atomic mass is 16.1. The van der Waals surface area contributed by atoms with Crippen LogP contribution in [-0.4, -0.2) is 38.3 Å². The number of carbonyl (C=O) groups is 1. The maximum Gasteiger partial charge on any atom is 0.266 e. The predicted molar refractivity (Wildman–Crippen MR) is 114 cm³/mol. The van der Waals surface area contributed by atoms with Crippen LogP contribution >= 0.6 is 0 Å². The molecule has 3 N–H and O–H groups in total. The Bertz CT molecular complexity index is 1540. The van der Waals surface area contributed by atoms with Crippen LogP contribution in [0, 0.1) is 17.2 Å². The van der Waals surface area contributed by atoms with Crippen molar-refractivity contribution in [3.8, 4) is 6.07 Å². The van der Waals surface area contributed by atoms with E-state index in [1.165, 1.54) is 10.6 Å². The monoisotopic (exact) mass is 415 g/mol. The molecule has 0 saturated carbocycles. The van der Waals surface area contributed by atoms with Gasteiger partial charge in [0.05, 0.1) is 22.6 Å². The van der Waals surface area contributed by atoms with Crippen molar-refractivity contribution in [2.24, 2.45) is 11.7 Å². The summed E-state index contributed by atoms with van der Waals surface area (Å²) in [5.41, 5.74) is 5.12. The highest BCUT2D eigenvalue weighted by Gasteiger charge is 2.25. The molecule has 5 rings (SSSR count). The lowest BCUT2D eigenvalue weighted by molar-refractivity contribution is -0.122. The summed E-state index contributed by atoms with van der Waals surface area (Å²) in [5, 5.41) is 10.1. The zero-order chi connectivity index (χ0) is 21.7. The molecule has 1 aliphatic heterocycles. The van der Waals surface area contributed by atoms with Crippen LogP contribution in [0.15, 0.2) is 40.1 Å². The highest BCUT2D eigenvalue weighted by Crippen LogP contribution is 2.22. The number of nitrogens with one attached hydrogen (secondary N) is 1. The van der Waals surface area contributed by atoms with Gasteiger partial charge in [0.1, 0.15) is 22.8 Å². The van der Waals surface area contributed by atoms with Gasteiger partial charge in [0, 0.05) is 19.0 Å². The molecule has 3 aromatic heterocycles. The fourth-order valence-corrected chi connectivity index (χ4v) is 4.13. The fraction of sp³-hybridized carbons (Fsp3) is 0.238. The summed E-state index contributed by atoms with van der Waals surface area (Å²) < 4.78 is 1.28. The summed E-state index contributed by atoms with van der Waals surface area (Å²) >= 11 is 0. The van der Waals surface area contributed by atoms with Crippen LogP contribution < -0.4 is 21.6 Å². The Morgan fingerprint density at radius 3 is 2.68 bits per heavy atom. The van der Waals surface area contributed by atoms with Gasteiger partial charge in [-0.25, -0.2) is 9.97 Å². The zero-order valence-corrected chi connectivity index (χ0v) is 16.3. The van der Waals surface area contributed by atoms with Crippen LogP contribution in [0.25, 0.3) is 27.6 Å². The number of carbonyl (C=O) groups excluding carboxylic acids is 1. The number of fused-ring (bicyclic) bond motifs is 4. The summed E-state index contributed by atoms with van der Waals surface area (Å²) in [5.74, 6) is -0.203. The number of pyridine rings is 1. The first-order valence-corrected chi connectivity index (χ1v) is 9.80. The van der Waals surface area contributed by atoms with Crippen LogP contribution in [0.1, 0.15) is 18.4 Å². The van der Waals surface area contributed by atoms with E-state index in [2.05, 4.69) is 15.0 Å². The maximum absolute atomic E-state index is 13.2. The van der Waals surface area contributed by atoms with Gasteiger partial charge >= 0.3 is 0 Å². The van der Waals surface area contributed by atoms with E-state index in [1.54, 1.807) is 24.3 Å². The van der Waals surface area contributed by atoms with E-state index in [0.717, 1.165) is 0 Å². The van der Waals surface area contributed by atoms with Crippen LogP contribution in [0.3, 0.4) is 0 Å². The molecule has 1 aromatic carbocycles. The van der Waals surface area contributed by atoms with Gasteiger partial charge in [-0.3, -0.25) is 18.8 Å². The molecule has 0 bridgehead atoms. The van der Waals surface area contributed by atoms with Crippen molar-refractivity contribution in [1.82, 2.24) is 19.4 Å². The molecule has 31 heavy (non-hydrogen) atoms. The molecule has 154 valence electrons. The van der Waals surface area contributed by atoms with E-state index in [4.69, 9.17) is 5.73 Å². The average Bonchev–Trinajstić information content (AvgIpc) is 2.79. The number of hydrogen-bond acceptors (Lipinski definition) is 7. The largest absolute Gasteiger partial charge is 0.369 e. The van der Waals surface area contributed by atoms with Crippen LogP contribution in [0.4, 0.5) is 5.95 Å². The molecule has 4 heterocycles. The second-order valence-corrected chi connectivity index (χ2v) is 7.54. The lowest BCUT2D eigenvalue weighted by Gasteiger charge is -2.30. The minimum atomic E-state index is -0.570. The Morgan fingerprint density at radius 1 is 1.23 bits per heavy atom. The number of para-hydroxylation sites is 1. The smallest absolute Gasteiger partial charge is 0.266 e. The quantitative estimate of drug-likeness (QED) is 0.360. The molecule has 0 atom stereocenters. The molecule has 10 nitrogen and oxygen atoms in total. The summed E-state index contributed by atoms with van der Waals surface area (Å²) in [7, 11) is 0. The molecule has 10 heteroatoms. The molecular weight excluding hydrogens is 398 g/mol. The number of rotatable bonds is 2. The number of aromatic nitrogens is 4. The van der Waals surface area contributed by atoms with E-state index in [9.17, 15) is 19.6 Å². The molecular formula is C21H17N7O3. The summed E-state index contributed by atoms with van der Waals surface area (Å²) in [4.78, 5) is 51.3. The maximum atomic E-state index is 13.2. The third-order valence-electron chi connectivity index (χ3n) is 5.81. The number of primary amides is 1. The molecule has 0 unspecified atom stereocenters. The average molecular weight is 415 g/mol. The van der Waals surface area contributed by atoms with E-state index in [0.29, 0.717) is 42.8 Å². The first kappa shape index (κ1) is 18.7. The topological polar surface area (TPSA) is 150 Å². The Morgan fingerprint density at radius 2 is 1.97 bits per heavy atom. The molecule has 1 saturated heterocycles. The first-order valence-electron chi connectivity index (χ1n) is 9.80. The third-order valence-corrected chi connectivity index (χ3v) is 5.81. The Balaban J connectivity index is 1.74. The van der Waals surface area contributed by atoms with Crippen LogP contribution in [0.5, 0.6) is 0 Å². The van der Waals surface area contributed by atoms with Crippen molar-refractivity contribution >= 4 is 39.4 Å². The highest BCUT2D eigenvalue weighted by molar-refractivity contribution is 5.87. The summed E-state index contributed by atoms with van der Waals surface area (Å²) in [6, 6.07) is 8.79. The SMILES string of the molecule is N#Cc1c(=O)c2nc(N3CCC(C(N)=O)CC3)ncc2n2c(=O)c3ccccc3[nH]c12. The Kier molecular flexibility index (Phi) is 4.18. The number of anilines is 1. The minimum absolute atomic E-state index is 0.00291. The standard InChI is InChI=1S/C21H17N7O3/c22-9-13-17(29)16-15(28-19(13)25-14-4-2-1-3-12(14)20(28)31)10-24-21(26-16)27-7-5-11(6-8-27)18(23)30/h1-4,10-11,25H,5-8H2,(H2,23,30).